The highest BCUT2D eigenvalue weighted by molar-refractivity contribution is 6.23. The zero-order chi connectivity index (χ0) is 19.3. The van der Waals surface area contributed by atoms with Gasteiger partial charge >= 0.3 is 0 Å². The number of fused-ring (bicyclic) bond motifs is 5. The van der Waals surface area contributed by atoms with Crippen LogP contribution in [0.25, 0.3) is 32.7 Å². The largest absolute Gasteiger partial charge is 0.456 e. The van der Waals surface area contributed by atoms with Crippen molar-refractivity contribution in [2.75, 3.05) is 5.32 Å². The van der Waals surface area contributed by atoms with Gasteiger partial charge in [-0.25, -0.2) is 0 Å². The second-order valence-electron chi connectivity index (χ2n) is 6.12. The van der Waals surface area contributed by atoms with Gasteiger partial charge in [0, 0.05) is 15.2 Å². The maximum Gasteiger partial charge on any atom is 0.140 e. The van der Waals surface area contributed by atoms with Crippen LogP contribution in [0.5, 0.6) is 0 Å². The molecule has 25 heavy (non-hydrogen) atoms. The summed E-state index contributed by atoms with van der Waals surface area (Å²) in [6.07, 6.45) is 0. The third-order valence-corrected chi connectivity index (χ3v) is 4.56. The van der Waals surface area contributed by atoms with Crippen molar-refractivity contribution in [1.82, 2.24) is 0 Å². The van der Waals surface area contributed by atoms with E-state index in [0.717, 1.165) is 32.9 Å². The lowest BCUT2D eigenvalue weighted by Crippen LogP contribution is -1.91. The molecule has 0 radical (unpaired) electrons. The van der Waals surface area contributed by atoms with Gasteiger partial charge in [0.2, 0.25) is 0 Å². The normalized spacial score (nSPS) is 13.7. The maximum atomic E-state index is 7.94. The lowest BCUT2D eigenvalue weighted by molar-refractivity contribution is 0.666. The van der Waals surface area contributed by atoms with Crippen LogP contribution in [0.3, 0.4) is 0 Å². The molecule has 0 saturated heterocycles. The van der Waals surface area contributed by atoms with Crippen molar-refractivity contribution in [2.24, 2.45) is 0 Å². The first-order chi connectivity index (χ1) is 13.5. The summed E-state index contributed by atoms with van der Waals surface area (Å²) in [5, 5.41) is 7.27. The average molecular weight is 326 g/mol. The molecule has 0 aliphatic heterocycles. The Morgan fingerprint density at radius 2 is 1.64 bits per heavy atom. The van der Waals surface area contributed by atoms with Gasteiger partial charge < -0.3 is 9.73 Å². The number of hydrogen-bond acceptors (Lipinski definition) is 2. The predicted molar refractivity (Wildman–Crippen MR) is 106 cm³/mol. The van der Waals surface area contributed by atoms with Gasteiger partial charge in [-0.3, -0.25) is 0 Å². The van der Waals surface area contributed by atoms with Crippen LogP contribution in [0.1, 0.15) is 9.68 Å². The van der Waals surface area contributed by atoms with E-state index >= 15 is 0 Å². The van der Waals surface area contributed by atoms with E-state index in [2.05, 4.69) is 5.32 Å². The Morgan fingerprint density at radius 3 is 2.52 bits per heavy atom. The number of benzene rings is 4. The van der Waals surface area contributed by atoms with E-state index in [1.165, 1.54) is 0 Å². The van der Waals surface area contributed by atoms with Gasteiger partial charge in [0.1, 0.15) is 11.2 Å². The van der Waals surface area contributed by atoms with Crippen LogP contribution in [-0.2, 0) is 0 Å². The molecule has 0 aliphatic rings. The summed E-state index contributed by atoms with van der Waals surface area (Å²) in [5.41, 5.74) is 3.07. The molecular weight excluding hydrogens is 306 g/mol. The second kappa shape index (κ2) is 5.38. The minimum atomic E-state index is -2.26. The van der Waals surface area contributed by atoms with Crippen LogP contribution < -0.4 is 5.32 Å². The predicted octanol–water partition coefficient (Wildman–Crippen LogP) is 6.79. The maximum absolute atomic E-state index is 7.94. The van der Waals surface area contributed by atoms with Crippen molar-refractivity contribution in [3.8, 4) is 0 Å². The first kappa shape index (κ1) is 11.3. The topological polar surface area (TPSA) is 25.2 Å². The third-order valence-electron chi connectivity index (χ3n) is 4.56. The van der Waals surface area contributed by atoms with E-state index in [1.54, 1.807) is 6.07 Å². The fourth-order valence-electron chi connectivity index (χ4n) is 3.42. The molecule has 4 aromatic carbocycles. The molecule has 2 heteroatoms. The van der Waals surface area contributed by atoms with Gasteiger partial charge in [-0.05, 0) is 47.5 Å². The fraction of sp³-hybridized carbons (Fsp3) is 0.0435. The van der Waals surface area contributed by atoms with Crippen LogP contribution in [0.15, 0.2) is 83.3 Å². The summed E-state index contributed by atoms with van der Waals surface area (Å²) in [7, 11) is 0. The summed E-state index contributed by atoms with van der Waals surface area (Å²) in [5.74, 6) is 0. The Morgan fingerprint density at radius 1 is 0.800 bits per heavy atom. The highest BCUT2D eigenvalue weighted by Crippen LogP contribution is 2.40. The zero-order valence-corrected chi connectivity index (χ0v) is 13.4. The molecule has 0 amide bonds. The Balaban J connectivity index is 1.91. The van der Waals surface area contributed by atoms with Crippen molar-refractivity contribution in [2.45, 2.75) is 6.85 Å². The molecular formula is C23H17NO. The van der Waals surface area contributed by atoms with Crippen molar-refractivity contribution in [3.05, 3.63) is 84.4 Å². The van der Waals surface area contributed by atoms with Crippen LogP contribution in [-0.4, -0.2) is 0 Å². The van der Waals surface area contributed by atoms with Crippen LogP contribution in [0.4, 0.5) is 11.4 Å². The number of nitrogens with one attached hydrogen (secondary N) is 1. The van der Waals surface area contributed by atoms with Crippen LogP contribution in [0.2, 0.25) is 0 Å². The van der Waals surface area contributed by atoms with Crippen LogP contribution in [0, 0.1) is 6.85 Å². The lowest BCUT2D eigenvalue weighted by atomic mass is 10.0. The van der Waals surface area contributed by atoms with Gasteiger partial charge in [-0.2, -0.15) is 0 Å². The van der Waals surface area contributed by atoms with Crippen molar-refractivity contribution in [3.63, 3.8) is 0 Å². The molecule has 1 aromatic heterocycles. The van der Waals surface area contributed by atoms with Crippen molar-refractivity contribution in [1.29, 1.82) is 0 Å². The van der Waals surface area contributed by atoms with Crippen LogP contribution >= 0.6 is 0 Å². The van der Waals surface area contributed by atoms with E-state index in [1.807, 2.05) is 72.8 Å². The molecule has 0 aliphatic carbocycles. The van der Waals surface area contributed by atoms with Gasteiger partial charge in [0.25, 0.3) is 0 Å². The Labute approximate surface area is 149 Å². The number of hydrogen-bond donors (Lipinski definition) is 1. The van der Waals surface area contributed by atoms with Gasteiger partial charge in [0.15, 0.2) is 0 Å². The lowest BCUT2D eigenvalue weighted by Gasteiger charge is -2.09. The van der Waals surface area contributed by atoms with E-state index in [4.69, 9.17) is 8.53 Å². The minimum Gasteiger partial charge on any atom is -0.456 e. The van der Waals surface area contributed by atoms with E-state index in [-0.39, 0.29) is 5.56 Å². The van der Waals surface area contributed by atoms with E-state index in [0.29, 0.717) is 11.2 Å². The van der Waals surface area contributed by atoms with Gasteiger partial charge in [-0.15, -0.1) is 0 Å². The van der Waals surface area contributed by atoms with Gasteiger partial charge in [-0.1, -0.05) is 54.6 Å². The molecule has 5 aromatic rings. The number of para-hydroxylation sites is 1. The summed E-state index contributed by atoms with van der Waals surface area (Å²) in [6.45, 7) is -2.26. The van der Waals surface area contributed by atoms with E-state index in [9.17, 15) is 0 Å². The first-order valence-corrected chi connectivity index (χ1v) is 8.22. The molecule has 0 unspecified atom stereocenters. The highest BCUT2D eigenvalue weighted by Gasteiger charge is 2.15. The third kappa shape index (κ3) is 2.18. The number of furan rings is 1. The molecule has 5 rings (SSSR count). The average Bonchev–Trinajstić information content (AvgIpc) is 3.08. The quantitative estimate of drug-likeness (QED) is 0.386. The molecule has 0 saturated carbocycles. The Hall–Kier alpha value is -3.26. The fourth-order valence-corrected chi connectivity index (χ4v) is 3.42. The first-order valence-electron chi connectivity index (χ1n) is 9.72. The molecule has 0 atom stereocenters. The monoisotopic (exact) mass is 326 g/mol. The van der Waals surface area contributed by atoms with E-state index < -0.39 is 6.85 Å². The Bertz CT molecular complexity index is 1320. The molecule has 0 fully saturated rings. The highest BCUT2D eigenvalue weighted by atomic mass is 16.3. The standard InChI is InChI=1S/C23H17NO/c1-15-11-13-19(24-17-8-3-2-4-9-17)22-21-18-10-6-5-7-16(18)12-14-20(21)25-23(15)22/h2-14,24H,1H3/i1D3. The molecule has 2 nitrogen and oxygen atoms in total. The summed E-state index contributed by atoms with van der Waals surface area (Å²) < 4.78 is 29.9. The number of aryl methyl sites for hydroxylation is 1. The SMILES string of the molecule is [2H]C([2H])([2H])c1ccc(Nc2ccccc2)c2c1oc1ccc3ccccc3c12. The molecule has 0 spiro atoms. The van der Waals surface area contributed by atoms with Crippen molar-refractivity contribution >= 4 is 44.1 Å². The molecule has 1 heterocycles. The molecule has 1 N–H and O–H groups in total. The zero-order valence-electron chi connectivity index (χ0n) is 16.4. The second-order valence-corrected chi connectivity index (χ2v) is 6.12. The summed E-state index contributed by atoms with van der Waals surface area (Å²) >= 11 is 0. The van der Waals surface area contributed by atoms with Gasteiger partial charge in [0.05, 0.1) is 11.1 Å². The number of anilines is 2. The number of rotatable bonds is 2. The van der Waals surface area contributed by atoms with Crippen molar-refractivity contribution < 1.29 is 8.53 Å². The molecule has 0 bridgehead atoms. The summed E-state index contributed by atoms with van der Waals surface area (Å²) in [4.78, 5) is 0. The smallest absolute Gasteiger partial charge is 0.140 e. The summed E-state index contributed by atoms with van der Waals surface area (Å²) in [6, 6.07) is 25.3. The minimum absolute atomic E-state index is 0.224. The molecule has 120 valence electrons. The Kier molecular flexibility index (Phi) is 2.44.